The molecule has 0 saturated carbocycles. The number of rotatable bonds is 1. The molecule has 0 aliphatic rings. The van der Waals surface area contributed by atoms with Crippen LogP contribution >= 0.6 is 0 Å². The molecule has 0 unspecified atom stereocenters. The van der Waals surface area contributed by atoms with Gasteiger partial charge in [0.2, 0.25) is 0 Å². The van der Waals surface area contributed by atoms with Gasteiger partial charge in [0.25, 0.3) is 5.91 Å². The molecule has 1 heterocycles. The second-order valence-electron chi connectivity index (χ2n) is 1.90. The fourth-order valence-electron chi connectivity index (χ4n) is 0.651. The van der Waals surface area contributed by atoms with Gasteiger partial charge in [-0.3, -0.25) is 10.1 Å². The molecule has 0 atom stereocenters. The second-order valence-corrected chi connectivity index (χ2v) is 1.90. The highest BCUT2D eigenvalue weighted by Gasteiger charge is 2.06. The molecule has 4 N–H and O–H groups in total. The van der Waals surface area contributed by atoms with Crippen molar-refractivity contribution in [1.29, 1.82) is 0 Å². The van der Waals surface area contributed by atoms with Crippen LogP contribution in [0.15, 0.2) is 18.3 Å². The van der Waals surface area contributed by atoms with Crippen LogP contribution in [-0.2, 0) is 0 Å². The van der Waals surface area contributed by atoms with Gasteiger partial charge >= 0.3 is 6.03 Å². The molecule has 1 aromatic rings. The van der Waals surface area contributed by atoms with Crippen molar-refractivity contribution in [2.24, 2.45) is 5.73 Å². The Balaban J connectivity index is 2.64. The van der Waals surface area contributed by atoms with Gasteiger partial charge in [-0.25, -0.2) is 4.79 Å². The highest BCUT2D eigenvalue weighted by Crippen LogP contribution is 1.92. The van der Waals surface area contributed by atoms with Gasteiger partial charge in [-0.2, -0.15) is 0 Å². The largest absolute Gasteiger partial charge is 0.357 e. The number of aromatic amines is 1. The standard InChI is InChI=1S/C6H7N3O2/c7-6(11)9-5(10)4-2-1-3-8-4/h1-3,8H,(H3,7,9,10,11). The lowest BCUT2D eigenvalue weighted by Gasteiger charge is -1.95. The van der Waals surface area contributed by atoms with Crippen LogP contribution in [0.4, 0.5) is 4.79 Å². The van der Waals surface area contributed by atoms with Crippen molar-refractivity contribution < 1.29 is 9.59 Å². The van der Waals surface area contributed by atoms with Crippen molar-refractivity contribution in [2.75, 3.05) is 0 Å². The van der Waals surface area contributed by atoms with E-state index < -0.39 is 11.9 Å². The molecule has 0 spiro atoms. The van der Waals surface area contributed by atoms with E-state index in [4.69, 9.17) is 5.73 Å². The second kappa shape index (κ2) is 2.87. The van der Waals surface area contributed by atoms with E-state index >= 15 is 0 Å². The third kappa shape index (κ3) is 1.82. The van der Waals surface area contributed by atoms with Crippen molar-refractivity contribution in [2.45, 2.75) is 0 Å². The summed E-state index contributed by atoms with van der Waals surface area (Å²) in [5.74, 6) is -0.525. The Hall–Kier alpha value is -1.78. The molecule has 0 aliphatic heterocycles. The number of nitrogens with two attached hydrogens (primary N) is 1. The smallest absolute Gasteiger partial charge is 0.319 e. The monoisotopic (exact) mass is 153 g/mol. The number of aromatic nitrogens is 1. The first-order chi connectivity index (χ1) is 5.20. The highest BCUT2D eigenvalue weighted by molar-refractivity contribution is 6.02. The van der Waals surface area contributed by atoms with Gasteiger partial charge in [0.1, 0.15) is 5.69 Å². The molecule has 0 aliphatic carbocycles. The summed E-state index contributed by atoms with van der Waals surface area (Å²) >= 11 is 0. The Bertz CT molecular complexity index is 265. The van der Waals surface area contributed by atoms with Gasteiger partial charge in [-0.1, -0.05) is 0 Å². The van der Waals surface area contributed by atoms with E-state index in [1.165, 1.54) is 6.07 Å². The highest BCUT2D eigenvalue weighted by atomic mass is 16.2. The van der Waals surface area contributed by atoms with E-state index in [-0.39, 0.29) is 0 Å². The van der Waals surface area contributed by atoms with Crippen molar-refractivity contribution >= 4 is 11.9 Å². The maximum atomic E-state index is 10.9. The summed E-state index contributed by atoms with van der Waals surface area (Å²) in [4.78, 5) is 23.7. The van der Waals surface area contributed by atoms with E-state index in [2.05, 4.69) is 4.98 Å². The Morgan fingerprint density at radius 1 is 1.55 bits per heavy atom. The third-order valence-electron chi connectivity index (χ3n) is 1.08. The molecule has 0 fully saturated rings. The SMILES string of the molecule is NC(=O)NC(=O)c1ccc[nH]1. The molecule has 0 bridgehead atoms. The molecule has 0 aromatic carbocycles. The molecule has 1 aromatic heterocycles. The number of carbonyl (C=O) groups is 2. The minimum atomic E-state index is -0.857. The maximum absolute atomic E-state index is 10.9. The summed E-state index contributed by atoms with van der Waals surface area (Å²) in [6.45, 7) is 0. The van der Waals surface area contributed by atoms with Gasteiger partial charge < -0.3 is 10.7 Å². The predicted molar refractivity (Wildman–Crippen MR) is 37.8 cm³/mol. The summed E-state index contributed by atoms with van der Waals surface area (Å²) < 4.78 is 0. The van der Waals surface area contributed by atoms with Crippen LogP contribution in [0.25, 0.3) is 0 Å². The molecule has 1 rings (SSSR count). The third-order valence-corrected chi connectivity index (χ3v) is 1.08. The number of H-pyrrole nitrogens is 1. The van der Waals surface area contributed by atoms with E-state index in [0.29, 0.717) is 5.69 Å². The number of hydrogen-bond acceptors (Lipinski definition) is 2. The van der Waals surface area contributed by atoms with Gasteiger partial charge in [-0.15, -0.1) is 0 Å². The van der Waals surface area contributed by atoms with Crippen LogP contribution in [0, 0.1) is 0 Å². The first-order valence-corrected chi connectivity index (χ1v) is 2.94. The minimum absolute atomic E-state index is 0.309. The van der Waals surface area contributed by atoms with E-state index in [1.54, 1.807) is 12.3 Å². The molecule has 11 heavy (non-hydrogen) atoms. The quantitative estimate of drug-likeness (QED) is 0.522. The van der Waals surface area contributed by atoms with Crippen LogP contribution < -0.4 is 11.1 Å². The Morgan fingerprint density at radius 2 is 2.27 bits per heavy atom. The van der Waals surface area contributed by atoms with Gasteiger partial charge in [0.05, 0.1) is 0 Å². The van der Waals surface area contributed by atoms with Crippen LogP contribution in [0.3, 0.4) is 0 Å². The lowest BCUT2D eigenvalue weighted by atomic mass is 10.4. The van der Waals surface area contributed by atoms with Crippen molar-refractivity contribution in [3.63, 3.8) is 0 Å². The Kier molecular flexibility index (Phi) is 1.91. The zero-order valence-electron chi connectivity index (χ0n) is 5.63. The molecule has 58 valence electrons. The zero-order chi connectivity index (χ0) is 8.27. The first-order valence-electron chi connectivity index (χ1n) is 2.94. The van der Waals surface area contributed by atoms with E-state index in [0.717, 1.165) is 0 Å². The van der Waals surface area contributed by atoms with Crippen LogP contribution in [0.1, 0.15) is 10.5 Å². The lowest BCUT2D eigenvalue weighted by molar-refractivity contribution is 0.0962. The summed E-state index contributed by atoms with van der Waals surface area (Å²) in [6, 6.07) is 2.33. The lowest BCUT2D eigenvalue weighted by Crippen LogP contribution is -2.35. The minimum Gasteiger partial charge on any atom is -0.357 e. The fraction of sp³-hybridized carbons (Fsp3) is 0. The zero-order valence-corrected chi connectivity index (χ0v) is 5.63. The maximum Gasteiger partial charge on any atom is 0.319 e. The topological polar surface area (TPSA) is 88.0 Å². The number of hydrogen-bond donors (Lipinski definition) is 3. The molecule has 0 radical (unpaired) electrons. The summed E-state index contributed by atoms with van der Waals surface area (Å²) in [6.07, 6.45) is 1.58. The Labute approximate surface area is 62.6 Å². The van der Waals surface area contributed by atoms with Gasteiger partial charge in [-0.05, 0) is 12.1 Å². The molecule has 5 heteroatoms. The number of amides is 3. The number of nitrogens with one attached hydrogen (secondary N) is 2. The number of primary amides is 1. The molecular weight excluding hydrogens is 146 g/mol. The number of imide groups is 1. The molecule has 3 amide bonds. The fourth-order valence-corrected chi connectivity index (χ4v) is 0.651. The van der Waals surface area contributed by atoms with Crippen LogP contribution in [-0.4, -0.2) is 16.9 Å². The van der Waals surface area contributed by atoms with Crippen LogP contribution in [0.2, 0.25) is 0 Å². The first kappa shape index (κ1) is 7.33. The summed E-state index contributed by atoms with van der Waals surface area (Å²) in [5.41, 5.74) is 5.02. The van der Waals surface area contributed by atoms with Gasteiger partial charge in [0, 0.05) is 6.20 Å². The summed E-state index contributed by atoms with van der Waals surface area (Å²) in [7, 11) is 0. The van der Waals surface area contributed by atoms with E-state index in [9.17, 15) is 9.59 Å². The number of carbonyl (C=O) groups excluding carboxylic acids is 2. The van der Waals surface area contributed by atoms with Crippen molar-refractivity contribution in [1.82, 2.24) is 10.3 Å². The van der Waals surface area contributed by atoms with Crippen molar-refractivity contribution in [3.8, 4) is 0 Å². The Morgan fingerprint density at radius 3 is 2.73 bits per heavy atom. The summed E-state index contributed by atoms with van der Waals surface area (Å²) in [5, 5.41) is 1.91. The van der Waals surface area contributed by atoms with Gasteiger partial charge in [0.15, 0.2) is 0 Å². The molecule has 5 nitrogen and oxygen atoms in total. The number of urea groups is 1. The normalized spacial score (nSPS) is 9.09. The van der Waals surface area contributed by atoms with E-state index in [1.807, 2.05) is 5.32 Å². The van der Waals surface area contributed by atoms with Crippen molar-refractivity contribution in [3.05, 3.63) is 24.0 Å². The average molecular weight is 153 g/mol. The molecular formula is C6H7N3O2. The predicted octanol–water partition coefficient (Wildman–Crippen LogP) is -0.177. The molecule has 0 saturated heterocycles. The van der Waals surface area contributed by atoms with Crippen LogP contribution in [0.5, 0.6) is 0 Å². The average Bonchev–Trinajstić information content (AvgIpc) is 2.35.